The Morgan fingerprint density at radius 1 is 1.33 bits per heavy atom. The molecule has 1 heterocycles. The molecule has 18 heavy (non-hydrogen) atoms. The molecule has 0 fully saturated rings. The van der Waals surface area contributed by atoms with Gasteiger partial charge in [-0.3, -0.25) is 5.43 Å². The van der Waals surface area contributed by atoms with Gasteiger partial charge in [0.2, 0.25) is 11.8 Å². The van der Waals surface area contributed by atoms with Gasteiger partial charge in [-0.25, -0.2) is 19.6 Å². The van der Waals surface area contributed by atoms with Gasteiger partial charge in [0.1, 0.15) is 5.82 Å². The molecule has 0 radical (unpaired) electrons. The third kappa shape index (κ3) is 2.51. The summed E-state index contributed by atoms with van der Waals surface area (Å²) in [6, 6.07) is 3.01. The fraction of sp³-hybridized carbons (Fsp3) is 0.0909. The number of nitrogens with one attached hydrogen (secondary N) is 1. The summed E-state index contributed by atoms with van der Waals surface area (Å²) in [6.07, 6.45) is 1.47. The van der Waals surface area contributed by atoms with Crippen LogP contribution in [0.4, 0.5) is 14.7 Å². The van der Waals surface area contributed by atoms with E-state index in [1.54, 1.807) is 6.92 Å². The number of nitrogens with zero attached hydrogens (tertiary/aromatic N) is 2. The van der Waals surface area contributed by atoms with Crippen molar-refractivity contribution >= 4 is 5.95 Å². The topological polar surface area (TPSA) is 73.1 Å². The Kier molecular flexibility index (Phi) is 3.33. The van der Waals surface area contributed by atoms with Crippen LogP contribution in [0.15, 0.2) is 24.4 Å². The zero-order chi connectivity index (χ0) is 13.1. The molecule has 0 aliphatic carbocycles. The van der Waals surface area contributed by atoms with Gasteiger partial charge in [-0.2, -0.15) is 4.98 Å². The van der Waals surface area contributed by atoms with E-state index >= 15 is 0 Å². The molecule has 0 bridgehead atoms. The lowest BCUT2D eigenvalue weighted by Gasteiger charge is -2.09. The predicted molar refractivity (Wildman–Crippen MR) is 61.0 cm³/mol. The summed E-state index contributed by atoms with van der Waals surface area (Å²) in [6.45, 7) is 1.69. The lowest BCUT2D eigenvalue weighted by molar-refractivity contribution is 0.420. The maximum atomic E-state index is 13.4. The number of hydrazine groups is 1. The molecule has 0 aliphatic rings. The van der Waals surface area contributed by atoms with E-state index in [-0.39, 0.29) is 17.6 Å². The Balaban J connectivity index is 2.33. The number of halogens is 2. The monoisotopic (exact) mass is 252 g/mol. The summed E-state index contributed by atoms with van der Waals surface area (Å²) in [5.74, 6) is 3.83. The number of rotatable bonds is 3. The van der Waals surface area contributed by atoms with Gasteiger partial charge in [0, 0.05) is 17.8 Å². The Hall–Kier alpha value is -2.28. The summed E-state index contributed by atoms with van der Waals surface area (Å²) >= 11 is 0. The van der Waals surface area contributed by atoms with E-state index in [0.717, 1.165) is 12.1 Å². The van der Waals surface area contributed by atoms with Crippen LogP contribution in [0.3, 0.4) is 0 Å². The van der Waals surface area contributed by atoms with Gasteiger partial charge in [-0.1, -0.05) is 0 Å². The van der Waals surface area contributed by atoms with E-state index in [2.05, 4.69) is 15.4 Å². The van der Waals surface area contributed by atoms with Gasteiger partial charge >= 0.3 is 0 Å². The van der Waals surface area contributed by atoms with Crippen LogP contribution in [0.2, 0.25) is 0 Å². The lowest BCUT2D eigenvalue weighted by Crippen LogP contribution is -2.11. The number of ether oxygens (including phenoxy) is 1. The van der Waals surface area contributed by atoms with E-state index in [0.29, 0.717) is 5.56 Å². The number of hydrogen-bond acceptors (Lipinski definition) is 5. The van der Waals surface area contributed by atoms with Crippen molar-refractivity contribution in [1.29, 1.82) is 0 Å². The quantitative estimate of drug-likeness (QED) is 0.646. The van der Waals surface area contributed by atoms with Gasteiger partial charge in [0.25, 0.3) is 0 Å². The molecule has 5 nitrogen and oxygen atoms in total. The highest BCUT2D eigenvalue weighted by atomic mass is 19.1. The second kappa shape index (κ2) is 4.92. The molecule has 2 aromatic rings. The summed E-state index contributed by atoms with van der Waals surface area (Å²) in [4.78, 5) is 7.77. The maximum absolute atomic E-state index is 13.4. The third-order valence-corrected chi connectivity index (χ3v) is 2.15. The molecule has 0 atom stereocenters. The van der Waals surface area contributed by atoms with Crippen molar-refractivity contribution in [2.45, 2.75) is 6.92 Å². The fourth-order valence-electron chi connectivity index (χ4n) is 1.26. The van der Waals surface area contributed by atoms with E-state index < -0.39 is 11.6 Å². The van der Waals surface area contributed by atoms with Crippen LogP contribution in [-0.4, -0.2) is 9.97 Å². The first-order valence-electron chi connectivity index (χ1n) is 5.03. The van der Waals surface area contributed by atoms with Crippen LogP contribution in [-0.2, 0) is 0 Å². The van der Waals surface area contributed by atoms with Crippen LogP contribution in [0.1, 0.15) is 5.56 Å². The van der Waals surface area contributed by atoms with Gasteiger partial charge in [-0.15, -0.1) is 0 Å². The number of hydrogen-bond donors (Lipinski definition) is 2. The third-order valence-electron chi connectivity index (χ3n) is 2.15. The Morgan fingerprint density at radius 2 is 2.11 bits per heavy atom. The molecule has 0 saturated carbocycles. The van der Waals surface area contributed by atoms with Gasteiger partial charge < -0.3 is 4.74 Å². The summed E-state index contributed by atoms with van der Waals surface area (Å²) < 4.78 is 31.4. The average molecular weight is 252 g/mol. The molecule has 0 aliphatic heterocycles. The van der Waals surface area contributed by atoms with Crippen LogP contribution in [0.5, 0.6) is 11.6 Å². The molecule has 3 N–H and O–H groups in total. The molecule has 0 amide bonds. The standard InChI is InChI=1S/C11H10F2N4O/c1-6-5-15-11(17-14)16-10(6)18-9-3-2-7(12)4-8(9)13/h2-5H,14H2,1H3,(H,15,16,17). The number of nitrogens with two attached hydrogens (primary N) is 1. The second-order valence-electron chi connectivity index (χ2n) is 3.50. The minimum Gasteiger partial charge on any atom is -0.435 e. The van der Waals surface area contributed by atoms with Crippen molar-refractivity contribution in [3.63, 3.8) is 0 Å². The molecule has 7 heteroatoms. The molecule has 2 rings (SSSR count). The van der Waals surface area contributed by atoms with Crippen molar-refractivity contribution in [3.8, 4) is 11.6 Å². The van der Waals surface area contributed by atoms with Crippen LogP contribution in [0, 0.1) is 18.6 Å². The number of anilines is 1. The van der Waals surface area contributed by atoms with Crippen molar-refractivity contribution < 1.29 is 13.5 Å². The zero-order valence-corrected chi connectivity index (χ0v) is 9.45. The fourth-order valence-corrected chi connectivity index (χ4v) is 1.26. The SMILES string of the molecule is Cc1cnc(NN)nc1Oc1ccc(F)cc1F. The highest BCUT2D eigenvalue weighted by molar-refractivity contribution is 5.36. The Labute approximate surface area is 102 Å². The maximum Gasteiger partial charge on any atom is 0.240 e. The minimum atomic E-state index is -0.810. The van der Waals surface area contributed by atoms with Crippen molar-refractivity contribution in [1.82, 2.24) is 9.97 Å². The first-order chi connectivity index (χ1) is 8.60. The normalized spacial score (nSPS) is 10.2. The highest BCUT2D eigenvalue weighted by Crippen LogP contribution is 2.26. The van der Waals surface area contributed by atoms with Crippen LogP contribution < -0.4 is 16.0 Å². The largest absolute Gasteiger partial charge is 0.435 e. The first-order valence-corrected chi connectivity index (χ1v) is 5.03. The average Bonchev–Trinajstić information content (AvgIpc) is 2.35. The van der Waals surface area contributed by atoms with Gasteiger partial charge in [0.05, 0.1) is 0 Å². The van der Waals surface area contributed by atoms with Crippen LogP contribution in [0.25, 0.3) is 0 Å². The molecule has 0 spiro atoms. The number of nitrogen functional groups attached to an aromatic ring is 1. The predicted octanol–water partition coefficient (Wildman–Crippen LogP) is 2.14. The highest BCUT2D eigenvalue weighted by Gasteiger charge is 2.10. The van der Waals surface area contributed by atoms with Crippen molar-refractivity contribution in [2.75, 3.05) is 5.43 Å². The molecule has 0 unspecified atom stereocenters. The molecular formula is C11H10F2N4O. The molecular weight excluding hydrogens is 242 g/mol. The molecule has 1 aromatic heterocycles. The smallest absolute Gasteiger partial charge is 0.240 e. The number of aryl methyl sites for hydroxylation is 1. The van der Waals surface area contributed by atoms with Gasteiger partial charge in [-0.05, 0) is 19.1 Å². The van der Waals surface area contributed by atoms with E-state index in [1.807, 2.05) is 0 Å². The summed E-state index contributed by atoms with van der Waals surface area (Å²) in [5, 5.41) is 0. The minimum absolute atomic E-state index is 0.124. The number of benzene rings is 1. The molecule has 94 valence electrons. The zero-order valence-electron chi connectivity index (χ0n) is 9.45. The molecule has 1 aromatic carbocycles. The Morgan fingerprint density at radius 3 is 2.78 bits per heavy atom. The summed E-state index contributed by atoms with van der Waals surface area (Å²) in [7, 11) is 0. The van der Waals surface area contributed by atoms with Crippen LogP contribution >= 0.6 is 0 Å². The lowest BCUT2D eigenvalue weighted by atomic mass is 10.3. The molecule has 0 saturated heterocycles. The Bertz CT molecular complexity index is 577. The van der Waals surface area contributed by atoms with Crippen molar-refractivity contribution in [3.05, 3.63) is 41.6 Å². The summed E-state index contributed by atoms with van der Waals surface area (Å²) in [5.41, 5.74) is 2.84. The van der Waals surface area contributed by atoms with E-state index in [4.69, 9.17) is 10.6 Å². The van der Waals surface area contributed by atoms with E-state index in [1.165, 1.54) is 12.3 Å². The van der Waals surface area contributed by atoms with Gasteiger partial charge in [0.15, 0.2) is 11.6 Å². The number of aromatic nitrogens is 2. The first kappa shape index (κ1) is 12.2. The van der Waals surface area contributed by atoms with E-state index in [9.17, 15) is 8.78 Å². The second-order valence-corrected chi connectivity index (χ2v) is 3.50. The van der Waals surface area contributed by atoms with Crippen molar-refractivity contribution in [2.24, 2.45) is 5.84 Å².